The van der Waals surface area contributed by atoms with Gasteiger partial charge in [0, 0.05) is 11.1 Å². The Morgan fingerprint density at radius 2 is 1.23 bits per heavy atom. The first-order chi connectivity index (χ1) is 9.03. The van der Waals surface area contributed by atoms with Crippen molar-refractivity contribution in [1.29, 1.82) is 0 Å². The maximum atomic E-state index is 5.20. The number of hydrogen-bond acceptors (Lipinski definition) is 1. The second-order valence-corrected chi connectivity index (χ2v) is 5.48. The fourth-order valence-corrected chi connectivity index (χ4v) is 2.52. The number of aryl methyl sites for hydroxylation is 1. The normalized spacial score (nSPS) is 8.31. The van der Waals surface area contributed by atoms with E-state index in [1.165, 1.54) is 16.8 Å². The van der Waals surface area contributed by atoms with E-state index in [-0.39, 0.29) is 52.7 Å². The van der Waals surface area contributed by atoms with Crippen molar-refractivity contribution in [3.05, 3.63) is 59.7 Å². The third kappa shape index (κ3) is 9.92. The Kier molecular flexibility index (Phi) is 25.9. The molecular weight excluding hydrogens is 470 g/mol. The zero-order chi connectivity index (χ0) is 13.9. The Morgan fingerprint density at radius 3 is 1.65 bits per heavy atom. The van der Waals surface area contributed by atoms with Crippen LogP contribution in [0.2, 0.25) is 0 Å². The molecule has 0 radical (unpaired) electrons. The van der Waals surface area contributed by atoms with Crippen molar-refractivity contribution in [3.8, 4) is 5.75 Å². The molecule has 0 aliphatic rings. The number of halogens is 6. The molecule has 0 aliphatic heterocycles. The van der Waals surface area contributed by atoms with Crippen LogP contribution in [0.5, 0.6) is 5.75 Å². The van der Waals surface area contributed by atoms with Crippen molar-refractivity contribution in [3.63, 3.8) is 0 Å². The van der Waals surface area contributed by atoms with E-state index in [2.05, 4.69) is 57.4 Å². The SMILES string of the molecule is COc1ccc(C[N+](C)(C)c2ccccc2C)cc1.F.F.F.F.F.F.[SbH3]. The predicted molar refractivity (Wildman–Crippen MR) is 106 cm³/mol. The number of quaternary nitrogens is 1. The first-order valence-corrected chi connectivity index (χ1v) is 6.55. The average molecular weight is 501 g/mol. The van der Waals surface area contributed by atoms with Crippen molar-refractivity contribution in [1.82, 2.24) is 4.48 Å². The zero-order valence-corrected chi connectivity index (χ0v) is 19.4. The van der Waals surface area contributed by atoms with Gasteiger partial charge in [0.1, 0.15) is 18.0 Å². The van der Waals surface area contributed by atoms with Gasteiger partial charge in [-0.2, -0.15) is 0 Å². The van der Waals surface area contributed by atoms with Crippen LogP contribution in [0.15, 0.2) is 48.5 Å². The average Bonchev–Trinajstić information content (AvgIpc) is 2.39. The van der Waals surface area contributed by atoms with Crippen LogP contribution in [-0.2, 0) is 6.54 Å². The monoisotopic (exact) mass is 500 g/mol. The quantitative estimate of drug-likeness (QED) is 0.354. The van der Waals surface area contributed by atoms with Gasteiger partial charge in [-0.05, 0) is 37.3 Å². The van der Waals surface area contributed by atoms with Crippen LogP contribution in [0, 0.1) is 6.92 Å². The molecule has 2 aromatic carbocycles. The van der Waals surface area contributed by atoms with Gasteiger partial charge in [-0.15, -0.1) is 0 Å². The molecular formula is C17H31F6NOSb+. The van der Waals surface area contributed by atoms with Gasteiger partial charge in [0.2, 0.25) is 0 Å². The number of hydrogen-bond donors (Lipinski definition) is 0. The minimum atomic E-state index is 0. The minimum absolute atomic E-state index is 0. The van der Waals surface area contributed by atoms with E-state index >= 15 is 0 Å². The first kappa shape index (κ1) is 39.6. The molecule has 156 valence electrons. The summed E-state index contributed by atoms with van der Waals surface area (Å²) >= 11 is 0. The molecule has 0 fully saturated rings. The number of para-hydroxylation sites is 1. The summed E-state index contributed by atoms with van der Waals surface area (Å²) in [6.07, 6.45) is 0. The number of methoxy groups -OCH3 is 1. The molecule has 9 heteroatoms. The fraction of sp³-hybridized carbons (Fsp3) is 0.294. The summed E-state index contributed by atoms with van der Waals surface area (Å²) < 4.78 is 6.04. The van der Waals surface area contributed by atoms with E-state index < -0.39 is 0 Å². The van der Waals surface area contributed by atoms with E-state index in [9.17, 15) is 0 Å². The van der Waals surface area contributed by atoms with Crippen molar-refractivity contribution >= 4 is 30.1 Å². The predicted octanol–water partition coefficient (Wildman–Crippen LogP) is 3.50. The number of benzene rings is 2. The third-order valence-electron chi connectivity index (χ3n) is 3.50. The van der Waals surface area contributed by atoms with Gasteiger partial charge < -0.3 is 4.74 Å². The fourth-order valence-electron chi connectivity index (χ4n) is 2.52. The van der Waals surface area contributed by atoms with Crippen molar-refractivity contribution in [2.24, 2.45) is 0 Å². The van der Waals surface area contributed by atoms with Crippen LogP contribution in [0.1, 0.15) is 11.1 Å². The Morgan fingerprint density at radius 1 is 0.769 bits per heavy atom. The molecule has 0 spiro atoms. The molecule has 2 aromatic rings. The molecule has 0 aliphatic carbocycles. The summed E-state index contributed by atoms with van der Waals surface area (Å²) in [6, 6.07) is 16.9. The Hall–Kier alpha value is -1.40. The van der Waals surface area contributed by atoms with Crippen LogP contribution in [0.4, 0.5) is 33.9 Å². The van der Waals surface area contributed by atoms with Gasteiger partial charge in [0.25, 0.3) is 0 Å². The summed E-state index contributed by atoms with van der Waals surface area (Å²) in [7, 11) is 6.18. The van der Waals surface area contributed by atoms with Crippen LogP contribution in [-0.4, -0.2) is 45.6 Å². The van der Waals surface area contributed by atoms with E-state index in [1.807, 2.05) is 12.1 Å². The molecule has 2 nitrogen and oxygen atoms in total. The van der Waals surface area contributed by atoms with E-state index in [0.717, 1.165) is 16.8 Å². The summed E-state index contributed by atoms with van der Waals surface area (Å²) in [5.74, 6) is 0.907. The van der Waals surface area contributed by atoms with E-state index in [4.69, 9.17) is 4.74 Å². The van der Waals surface area contributed by atoms with Crippen LogP contribution >= 0.6 is 0 Å². The molecule has 0 aromatic heterocycles. The third-order valence-corrected chi connectivity index (χ3v) is 3.50. The molecule has 0 saturated carbocycles. The first-order valence-electron chi connectivity index (χ1n) is 6.55. The Balaban J connectivity index is -0.000000143. The number of rotatable bonds is 4. The van der Waals surface area contributed by atoms with E-state index in [1.54, 1.807) is 7.11 Å². The maximum absolute atomic E-state index is 5.20. The Bertz CT molecular complexity index is 569. The molecule has 0 unspecified atom stereocenters. The summed E-state index contributed by atoms with van der Waals surface area (Å²) in [4.78, 5) is 0. The van der Waals surface area contributed by atoms with Gasteiger partial charge >= 0.3 is 24.4 Å². The van der Waals surface area contributed by atoms with Gasteiger partial charge in [-0.3, -0.25) is 32.7 Å². The second kappa shape index (κ2) is 17.0. The van der Waals surface area contributed by atoms with Crippen LogP contribution in [0.3, 0.4) is 0 Å². The van der Waals surface area contributed by atoms with Gasteiger partial charge in [-0.25, -0.2) is 0 Å². The van der Waals surface area contributed by atoms with Gasteiger partial charge in [0.05, 0.1) is 21.2 Å². The molecule has 0 amide bonds. The molecule has 0 saturated heterocycles. The summed E-state index contributed by atoms with van der Waals surface area (Å²) in [5.41, 5.74) is 4.01. The molecule has 2 rings (SSSR count). The van der Waals surface area contributed by atoms with Crippen LogP contribution < -0.4 is 9.22 Å². The van der Waals surface area contributed by atoms with Crippen molar-refractivity contribution in [2.45, 2.75) is 13.5 Å². The summed E-state index contributed by atoms with van der Waals surface area (Å²) in [6.45, 7) is 3.14. The number of nitrogens with zero attached hydrogens (tertiary/aromatic N) is 1. The Labute approximate surface area is 167 Å². The zero-order valence-electron chi connectivity index (χ0n) is 15.3. The van der Waals surface area contributed by atoms with Crippen LogP contribution in [0.25, 0.3) is 0 Å². The molecule has 0 heterocycles. The standard InChI is InChI=1S/C17H22NO.6FH.Sb.3H/c1-14-7-5-6-8-17(14)18(2,3)13-15-9-11-16(19-4)12-10-15;;;;;;;;;;/h5-12H,13H2,1-4H3;6*1H;;;;/q+1;;;;;;;;;;. The molecule has 0 N–H and O–H groups in total. The number of ether oxygens (including phenoxy) is 1. The molecule has 0 atom stereocenters. The topological polar surface area (TPSA) is 9.23 Å². The van der Waals surface area contributed by atoms with Crippen molar-refractivity contribution in [2.75, 3.05) is 21.2 Å². The second-order valence-electron chi connectivity index (χ2n) is 5.48. The van der Waals surface area contributed by atoms with Crippen molar-refractivity contribution < 1.29 is 33.0 Å². The molecule has 0 bridgehead atoms. The van der Waals surface area contributed by atoms with E-state index in [0.29, 0.717) is 0 Å². The van der Waals surface area contributed by atoms with Gasteiger partial charge in [0.15, 0.2) is 0 Å². The van der Waals surface area contributed by atoms with Gasteiger partial charge in [-0.1, -0.05) is 18.2 Å². The summed E-state index contributed by atoms with van der Waals surface area (Å²) in [5, 5.41) is 0. The molecule has 26 heavy (non-hydrogen) atoms.